The number of aryl methyl sites for hydroxylation is 1. The van der Waals surface area contributed by atoms with E-state index in [1.165, 1.54) is 0 Å². The number of H-pyrrole nitrogens is 1. The van der Waals surface area contributed by atoms with E-state index in [-0.39, 0.29) is 6.61 Å². The van der Waals surface area contributed by atoms with Crippen LogP contribution in [0.25, 0.3) is 22.2 Å². The number of nitrogens with one attached hydrogen (secondary N) is 1. The summed E-state index contributed by atoms with van der Waals surface area (Å²) < 4.78 is 0. The Morgan fingerprint density at radius 1 is 1.25 bits per heavy atom. The molecule has 0 bridgehead atoms. The number of nitrogens with zero attached hydrogens (tertiary/aromatic N) is 3. The van der Waals surface area contributed by atoms with Gasteiger partial charge in [-0.3, -0.25) is 0 Å². The molecule has 0 saturated carbocycles. The van der Waals surface area contributed by atoms with Gasteiger partial charge in [-0.05, 0) is 31.2 Å². The summed E-state index contributed by atoms with van der Waals surface area (Å²) in [6.45, 7) is 4.01. The van der Waals surface area contributed by atoms with E-state index in [2.05, 4.69) is 27.0 Å². The van der Waals surface area contributed by atoms with Gasteiger partial charge in [0, 0.05) is 31.5 Å². The zero-order valence-corrected chi connectivity index (χ0v) is 13.9. The molecule has 0 amide bonds. The van der Waals surface area contributed by atoms with Crippen LogP contribution in [0.3, 0.4) is 0 Å². The second-order valence-corrected chi connectivity index (χ2v) is 6.52. The molecule has 1 fully saturated rings. The second-order valence-electron chi connectivity index (χ2n) is 6.52. The molecule has 3 heterocycles. The monoisotopic (exact) mass is 322 g/mol. The minimum absolute atomic E-state index is 0.240. The molecule has 0 spiro atoms. The minimum Gasteiger partial charge on any atom is -0.396 e. The van der Waals surface area contributed by atoms with Gasteiger partial charge < -0.3 is 15.0 Å². The van der Waals surface area contributed by atoms with Gasteiger partial charge in [-0.2, -0.15) is 0 Å². The first kappa shape index (κ1) is 15.1. The fourth-order valence-electron chi connectivity index (χ4n) is 3.57. The molecule has 24 heavy (non-hydrogen) atoms. The van der Waals surface area contributed by atoms with Crippen LogP contribution >= 0.6 is 0 Å². The Labute approximate surface area is 141 Å². The summed E-state index contributed by atoms with van der Waals surface area (Å²) in [5.41, 5.74) is 4.21. The van der Waals surface area contributed by atoms with Crippen molar-refractivity contribution in [3.63, 3.8) is 0 Å². The first-order valence-electron chi connectivity index (χ1n) is 8.53. The van der Waals surface area contributed by atoms with Crippen LogP contribution in [0.1, 0.15) is 18.7 Å². The first-order valence-corrected chi connectivity index (χ1v) is 8.53. The van der Waals surface area contributed by atoms with E-state index in [1.54, 1.807) is 0 Å². The van der Waals surface area contributed by atoms with Gasteiger partial charge in [-0.15, -0.1) is 0 Å². The third-order valence-electron chi connectivity index (χ3n) is 4.78. The summed E-state index contributed by atoms with van der Waals surface area (Å²) in [4.78, 5) is 15.1. The Bertz CT molecular complexity index is 843. The molecule has 1 atom stereocenters. The largest absolute Gasteiger partial charge is 0.396 e. The van der Waals surface area contributed by atoms with Gasteiger partial charge in [0.05, 0.1) is 0 Å². The predicted molar refractivity (Wildman–Crippen MR) is 96.1 cm³/mol. The van der Waals surface area contributed by atoms with Crippen molar-refractivity contribution in [1.82, 2.24) is 15.0 Å². The van der Waals surface area contributed by atoms with E-state index >= 15 is 0 Å². The molecule has 0 aliphatic carbocycles. The average Bonchev–Trinajstić information content (AvgIpc) is 3.05. The SMILES string of the molecule is Cc1nc(N2CCCC(CO)C2)c2[nH]cc(-c3ccccc3)c2n1. The maximum absolute atomic E-state index is 9.51. The number of aliphatic hydroxyl groups is 1. The van der Waals surface area contributed by atoms with Crippen LogP contribution in [-0.2, 0) is 0 Å². The van der Waals surface area contributed by atoms with E-state index in [0.717, 1.165) is 59.7 Å². The maximum atomic E-state index is 9.51. The summed E-state index contributed by atoms with van der Waals surface area (Å²) in [7, 11) is 0. The zero-order chi connectivity index (χ0) is 16.5. The molecular weight excluding hydrogens is 300 g/mol. The Kier molecular flexibility index (Phi) is 3.94. The summed E-state index contributed by atoms with van der Waals surface area (Å²) in [6, 6.07) is 10.3. The number of aromatic nitrogens is 3. The van der Waals surface area contributed by atoms with Gasteiger partial charge in [0.1, 0.15) is 16.9 Å². The number of aliphatic hydroxyl groups excluding tert-OH is 1. The van der Waals surface area contributed by atoms with Crippen LogP contribution in [0.2, 0.25) is 0 Å². The fourth-order valence-corrected chi connectivity index (χ4v) is 3.57. The molecule has 2 aromatic heterocycles. The molecule has 1 unspecified atom stereocenters. The normalized spacial score (nSPS) is 18.2. The number of anilines is 1. The minimum atomic E-state index is 0.240. The van der Waals surface area contributed by atoms with Crippen LogP contribution < -0.4 is 4.90 Å². The van der Waals surface area contributed by atoms with Crippen LogP contribution in [0.15, 0.2) is 36.5 Å². The average molecular weight is 322 g/mol. The van der Waals surface area contributed by atoms with Gasteiger partial charge in [0.15, 0.2) is 5.82 Å². The lowest BCUT2D eigenvalue weighted by molar-refractivity contribution is 0.208. The van der Waals surface area contributed by atoms with Gasteiger partial charge in [-0.25, -0.2) is 9.97 Å². The molecule has 1 saturated heterocycles. The van der Waals surface area contributed by atoms with Crippen molar-refractivity contribution >= 4 is 16.9 Å². The second kappa shape index (κ2) is 6.24. The van der Waals surface area contributed by atoms with E-state index < -0.39 is 0 Å². The summed E-state index contributed by atoms with van der Waals surface area (Å²) in [5, 5.41) is 9.51. The van der Waals surface area contributed by atoms with Crippen molar-refractivity contribution in [3.05, 3.63) is 42.4 Å². The van der Waals surface area contributed by atoms with Crippen molar-refractivity contribution < 1.29 is 5.11 Å². The highest BCUT2D eigenvalue weighted by Crippen LogP contribution is 2.33. The Hall–Kier alpha value is -2.40. The first-order chi connectivity index (χ1) is 11.8. The number of hydrogen-bond donors (Lipinski definition) is 2. The van der Waals surface area contributed by atoms with E-state index in [9.17, 15) is 5.11 Å². The zero-order valence-electron chi connectivity index (χ0n) is 13.9. The summed E-state index contributed by atoms with van der Waals surface area (Å²) >= 11 is 0. The highest BCUT2D eigenvalue weighted by atomic mass is 16.3. The lowest BCUT2D eigenvalue weighted by atomic mass is 9.99. The molecule has 1 aliphatic heterocycles. The Morgan fingerprint density at radius 3 is 2.88 bits per heavy atom. The van der Waals surface area contributed by atoms with Gasteiger partial charge in [0.2, 0.25) is 0 Å². The van der Waals surface area contributed by atoms with Crippen molar-refractivity contribution in [2.75, 3.05) is 24.6 Å². The van der Waals surface area contributed by atoms with Crippen LogP contribution in [0.5, 0.6) is 0 Å². The highest BCUT2D eigenvalue weighted by Gasteiger charge is 2.23. The van der Waals surface area contributed by atoms with Crippen LogP contribution in [-0.4, -0.2) is 39.8 Å². The molecule has 3 aromatic rings. The third kappa shape index (κ3) is 2.65. The summed E-state index contributed by atoms with van der Waals surface area (Å²) in [5.74, 6) is 2.06. The molecule has 1 aromatic carbocycles. The molecule has 0 radical (unpaired) electrons. The highest BCUT2D eigenvalue weighted by molar-refractivity contribution is 5.97. The van der Waals surface area contributed by atoms with Gasteiger partial charge >= 0.3 is 0 Å². The number of piperidine rings is 1. The fraction of sp³-hybridized carbons (Fsp3) is 0.368. The molecule has 5 heteroatoms. The third-order valence-corrected chi connectivity index (χ3v) is 4.78. The van der Waals surface area contributed by atoms with Crippen molar-refractivity contribution in [1.29, 1.82) is 0 Å². The van der Waals surface area contributed by atoms with E-state index in [4.69, 9.17) is 4.98 Å². The standard InChI is InChI=1S/C19H22N4O/c1-13-21-17-16(15-7-3-2-4-8-15)10-20-18(17)19(22-13)23-9-5-6-14(11-23)12-24/h2-4,7-8,10,14,20,24H,5-6,9,11-12H2,1H3. The molecular formula is C19H22N4O. The smallest absolute Gasteiger partial charge is 0.156 e. The van der Waals surface area contributed by atoms with E-state index in [1.807, 2.05) is 31.3 Å². The number of fused-ring (bicyclic) bond motifs is 1. The predicted octanol–water partition coefficient (Wildman–Crippen LogP) is 3.14. The molecule has 2 N–H and O–H groups in total. The Balaban J connectivity index is 1.81. The Morgan fingerprint density at radius 2 is 2.08 bits per heavy atom. The van der Waals surface area contributed by atoms with Crippen LogP contribution in [0, 0.1) is 12.8 Å². The lowest BCUT2D eigenvalue weighted by Crippen LogP contribution is -2.37. The van der Waals surface area contributed by atoms with Gasteiger partial charge in [-0.1, -0.05) is 30.3 Å². The lowest BCUT2D eigenvalue weighted by Gasteiger charge is -2.33. The van der Waals surface area contributed by atoms with Crippen molar-refractivity contribution in [2.24, 2.45) is 5.92 Å². The molecule has 1 aliphatic rings. The topological polar surface area (TPSA) is 65.0 Å². The number of benzene rings is 1. The number of rotatable bonds is 3. The number of aromatic amines is 1. The van der Waals surface area contributed by atoms with Crippen LogP contribution in [0.4, 0.5) is 5.82 Å². The van der Waals surface area contributed by atoms with E-state index in [0.29, 0.717) is 5.92 Å². The summed E-state index contributed by atoms with van der Waals surface area (Å²) in [6.07, 6.45) is 4.19. The molecule has 124 valence electrons. The number of hydrogen-bond acceptors (Lipinski definition) is 4. The maximum Gasteiger partial charge on any atom is 0.156 e. The van der Waals surface area contributed by atoms with Crippen molar-refractivity contribution in [2.45, 2.75) is 19.8 Å². The van der Waals surface area contributed by atoms with Crippen molar-refractivity contribution in [3.8, 4) is 11.1 Å². The molecule has 5 nitrogen and oxygen atoms in total. The molecule has 4 rings (SSSR count). The quantitative estimate of drug-likeness (QED) is 0.777. The van der Waals surface area contributed by atoms with Gasteiger partial charge in [0.25, 0.3) is 0 Å².